The van der Waals surface area contributed by atoms with Crippen LogP contribution in [-0.2, 0) is 9.53 Å². The van der Waals surface area contributed by atoms with Crippen molar-refractivity contribution in [2.75, 3.05) is 20.8 Å². The molecule has 1 aromatic carbocycles. The van der Waals surface area contributed by atoms with E-state index in [4.69, 9.17) is 9.47 Å². The number of benzene rings is 1. The molecule has 0 saturated carbocycles. The fourth-order valence-corrected chi connectivity index (χ4v) is 1.13. The monoisotopic (exact) mass is 241 g/mol. The summed E-state index contributed by atoms with van der Waals surface area (Å²) in [5, 5.41) is 10.6. The van der Waals surface area contributed by atoms with Gasteiger partial charge in [0.1, 0.15) is 6.61 Å². The lowest BCUT2D eigenvalue weighted by Crippen LogP contribution is -2.14. The molecule has 0 aromatic heterocycles. The predicted molar refractivity (Wildman–Crippen MR) is 57.2 cm³/mol. The number of carbonyl (C=O) groups is 1. The molecule has 0 saturated heterocycles. The smallest absolute Gasteiger partial charge is 0.337 e. The normalized spacial score (nSPS) is 9.76. The van der Waals surface area contributed by atoms with E-state index in [1.54, 1.807) is 0 Å². The SMILES string of the molecule is COCC(=O)Oc1cc([N+](=O)[O-])ccc1OC. The second-order valence-electron chi connectivity index (χ2n) is 3.00. The van der Waals surface area contributed by atoms with Crippen LogP contribution in [0.4, 0.5) is 5.69 Å². The van der Waals surface area contributed by atoms with Gasteiger partial charge in [0.05, 0.1) is 18.1 Å². The second-order valence-corrected chi connectivity index (χ2v) is 3.00. The molecule has 0 aliphatic carbocycles. The number of hydrogen-bond donors (Lipinski definition) is 0. The highest BCUT2D eigenvalue weighted by Crippen LogP contribution is 2.31. The van der Waals surface area contributed by atoms with Crippen molar-refractivity contribution in [2.24, 2.45) is 0 Å². The van der Waals surface area contributed by atoms with Crippen molar-refractivity contribution in [1.82, 2.24) is 0 Å². The average molecular weight is 241 g/mol. The molecule has 0 aliphatic heterocycles. The van der Waals surface area contributed by atoms with E-state index in [0.717, 1.165) is 6.07 Å². The Morgan fingerprint density at radius 2 is 2.06 bits per heavy atom. The first-order valence-corrected chi connectivity index (χ1v) is 4.60. The van der Waals surface area contributed by atoms with E-state index in [1.807, 2.05) is 0 Å². The Hall–Kier alpha value is -2.15. The summed E-state index contributed by atoms with van der Waals surface area (Å²) < 4.78 is 14.4. The first-order chi connectivity index (χ1) is 8.08. The summed E-state index contributed by atoms with van der Waals surface area (Å²) >= 11 is 0. The summed E-state index contributed by atoms with van der Waals surface area (Å²) in [7, 11) is 2.71. The number of nitrogens with zero attached hydrogens (tertiary/aromatic N) is 1. The van der Waals surface area contributed by atoms with Crippen LogP contribution in [0.2, 0.25) is 0 Å². The summed E-state index contributed by atoms with van der Waals surface area (Å²) in [4.78, 5) is 21.2. The zero-order valence-electron chi connectivity index (χ0n) is 9.34. The van der Waals surface area contributed by atoms with Gasteiger partial charge in [-0.25, -0.2) is 4.79 Å². The van der Waals surface area contributed by atoms with E-state index in [0.29, 0.717) is 0 Å². The van der Waals surface area contributed by atoms with Gasteiger partial charge in [0.25, 0.3) is 5.69 Å². The Labute approximate surface area is 97.0 Å². The van der Waals surface area contributed by atoms with E-state index in [9.17, 15) is 14.9 Å². The molecule has 0 aliphatic rings. The summed E-state index contributed by atoms with van der Waals surface area (Å²) in [5.74, 6) is -0.435. The summed E-state index contributed by atoms with van der Waals surface area (Å²) in [6.45, 7) is -0.244. The van der Waals surface area contributed by atoms with Crippen molar-refractivity contribution in [2.45, 2.75) is 0 Å². The van der Waals surface area contributed by atoms with Crippen molar-refractivity contribution in [3.05, 3.63) is 28.3 Å². The van der Waals surface area contributed by atoms with Crippen LogP contribution in [0, 0.1) is 10.1 Å². The highest BCUT2D eigenvalue weighted by molar-refractivity contribution is 5.74. The van der Waals surface area contributed by atoms with Gasteiger partial charge in [-0.05, 0) is 6.07 Å². The van der Waals surface area contributed by atoms with Gasteiger partial charge in [-0.1, -0.05) is 0 Å². The molecule has 1 aromatic rings. The molecule has 0 N–H and O–H groups in total. The summed E-state index contributed by atoms with van der Waals surface area (Å²) in [6.07, 6.45) is 0. The van der Waals surface area contributed by atoms with E-state index in [-0.39, 0.29) is 23.8 Å². The standard InChI is InChI=1S/C10H11NO6/c1-15-6-10(12)17-9-5-7(11(13)14)3-4-8(9)16-2/h3-5H,6H2,1-2H3. The van der Waals surface area contributed by atoms with Crippen molar-refractivity contribution < 1.29 is 23.9 Å². The van der Waals surface area contributed by atoms with Crippen LogP contribution >= 0.6 is 0 Å². The molecule has 0 atom stereocenters. The van der Waals surface area contributed by atoms with Gasteiger partial charge in [-0.3, -0.25) is 10.1 Å². The Kier molecular flexibility index (Phi) is 4.41. The van der Waals surface area contributed by atoms with Crippen molar-refractivity contribution >= 4 is 11.7 Å². The zero-order valence-corrected chi connectivity index (χ0v) is 9.34. The molecule has 17 heavy (non-hydrogen) atoms. The third kappa shape index (κ3) is 3.42. The number of carbonyl (C=O) groups excluding carboxylic acids is 1. The van der Waals surface area contributed by atoms with Crippen LogP contribution in [-0.4, -0.2) is 31.7 Å². The molecule has 7 nitrogen and oxygen atoms in total. The van der Waals surface area contributed by atoms with Gasteiger partial charge >= 0.3 is 5.97 Å². The molecule has 0 radical (unpaired) electrons. The van der Waals surface area contributed by atoms with Crippen LogP contribution in [0.15, 0.2) is 18.2 Å². The van der Waals surface area contributed by atoms with Crippen LogP contribution in [0.25, 0.3) is 0 Å². The average Bonchev–Trinajstić information content (AvgIpc) is 2.29. The van der Waals surface area contributed by atoms with Gasteiger partial charge < -0.3 is 14.2 Å². The lowest BCUT2D eigenvalue weighted by atomic mass is 10.3. The Bertz CT molecular complexity index is 431. The molecule has 0 amide bonds. The first-order valence-electron chi connectivity index (χ1n) is 4.60. The third-order valence-electron chi connectivity index (χ3n) is 1.84. The van der Waals surface area contributed by atoms with Crippen LogP contribution < -0.4 is 9.47 Å². The minimum Gasteiger partial charge on any atom is -0.493 e. The predicted octanol–water partition coefficient (Wildman–Crippen LogP) is 1.16. The van der Waals surface area contributed by atoms with E-state index < -0.39 is 10.9 Å². The molecular weight excluding hydrogens is 230 g/mol. The lowest BCUT2D eigenvalue weighted by Gasteiger charge is -2.08. The maximum atomic E-state index is 11.2. The Balaban J connectivity index is 2.97. The Morgan fingerprint density at radius 3 is 2.59 bits per heavy atom. The van der Waals surface area contributed by atoms with E-state index in [2.05, 4.69) is 4.74 Å². The van der Waals surface area contributed by atoms with Crippen molar-refractivity contribution in [3.63, 3.8) is 0 Å². The topological polar surface area (TPSA) is 87.9 Å². The Morgan fingerprint density at radius 1 is 1.35 bits per heavy atom. The second kappa shape index (κ2) is 5.80. The van der Waals surface area contributed by atoms with Crippen molar-refractivity contribution in [1.29, 1.82) is 0 Å². The molecule has 0 unspecified atom stereocenters. The molecule has 7 heteroatoms. The minimum absolute atomic E-state index is 0.0104. The number of nitro benzene ring substituents is 1. The van der Waals surface area contributed by atoms with E-state index >= 15 is 0 Å². The fourth-order valence-electron chi connectivity index (χ4n) is 1.13. The largest absolute Gasteiger partial charge is 0.493 e. The highest BCUT2D eigenvalue weighted by Gasteiger charge is 2.15. The number of non-ortho nitro benzene ring substituents is 1. The molecule has 0 spiro atoms. The number of rotatable bonds is 5. The minimum atomic E-state index is -0.661. The quantitative estimate of drug-likeness (QED) is 0.332. The summed E-state index contributed by atoms with van der Waals surface area (Å²) in [5.41, 5.74) is -0.189. The third-order valence-corrected chi connectivity index (χ3v) is 1.84. The van der Waals surface area contributed by atoms with Gasteiger partial charge in [0, 0.05) is 13.2 Å². The number of hydrogen-bond acceptors (Lipinski definition) is 6. The fraction of sp³-hybridized carbons (Fsp3) is 0.300. The van der Waals surface area contributed by atoms with Gasteiger partial charge in [0.2, 0.25) is 0 Å². The summed E-state index contributed by atoms with van der Waals surface area (Å²) in [6, 6.07) is 3.73. The maximum Gasteiger partial charge on any atom is 0.337 e. The zero-order chi connectivity index (χ0) is 12.8. The van der Waals surface area contributed by atoms with Gasteiger partial charge in [0.15, 0.2) is 11.5 Å². The van der Waals surface area contributed by atoms with Gasteiger partial charge in [-0.15, -0.1) is 0 Å². The molecule has 0 heterocycles. The first kappa shape index (κ1) is 12.9. The van der Waals surface area contributed by atoms with Crippen LogP contribution in [0.3, 0.4) is 0 Å². The molecule has 1 rings (SSSR count). The number of ether oxygens (including phenoxy) is 3. The molecular formula is C10H11NO6. The number of methoxy groups -OCH3 is 2. The molecule has 92 valence electrons. The van der Waals surface area contributed by atoms with Crippen molar-refractivity contribution in [3.8, 4) is 11.5 Å². The van der Waals surface area contributed by atoms with Gasteiger partial charge in [-0.2, -0.15) is 0 Å². The molecule has 0 fully saturated rings. The van der Waals surface area contributed by atoms with Crippen LogP contribution in [0.5, 0.6) is 11.5 Å². The number of esters is 1. The number of nitro groups is 1. The highest BCUT2D eigenvalue weighted by atomic mass is 16.6. The molecule has 0 bridgehead atoms. The maximum absolute atomic E-state index is 11.2. The van der Waals surface area contributed by atoms with Crippen LogP contribution in [0.1, 0.15) is 0 Å². The van der Waals surface area contributed by atoms with E-state index in [1.165, 1.54) is 26.4 Å². The lowest BCUT2D eigenvalue weighted by molar-refractivity contribution is -0.384.